The Morgan fingerprint density at radius 2 is 2.13 bits per heavy atom. The highest BCUT2D eigenvalue weighted by molar-refractivity contribution is 5.85. The van der Waals surface area contributed by atoms with E-state index >= 15 is 0 Å². The van der Waals surface area contributed by atoms with E-state index < -0.39 is 0 Å². The zero-order valence-corrected chi connectivity index (χ0v) is 9.33. The first kappa shape index (κ1) is 12.0. The van der Waals surface area contributed by atoms with Crippen LogP contribution in [0.2, 0.25) is 0 Å². The molecule has 4 heteroatoms. The van der Waals surface area contributed by atoms with E-state index in [4.69, 9.17) is 5.73 Å². The van der Waals surface area contributed by atoms with Gasteiger partial charge in [0.15, 0.2) is 0 Å². The molecule has 0 saturated heterocycles. The number of aryl methyl sites for hydroxylation is 1. The molecule has 0 fully saturated rings. The lowest BCUT2D eigenvalue weighted by molar-refractivity contribution is 0.630. The van der Waals surface area contributed by atoms with Crippen molar-refractivity contribution in [3.05, 3.63) is 35.3 Å². The molecule has 82 valence electrons. The highest BCUT2D eigenvalue weighted by Gasteiger charge is 2.09. The fourth-order valence-corrected chi connectivity index (χ4v) is 1.70. The number of fused-ring (bicyclic) bond motifs is 1. The second-order valence-corrected chi connectivity index (χ2v) is 3.47. The smallest absolute Gasteiger partial charge is 0.135 e. The van der Waals surface area contributed by atoms with E-state index in [1.165, 1.54) is 0 Å². The molecular weight excluding hydrogens is 215 g/mol. The van der Waals surface area contributed by atoms with Crippen molar-refractivity contribution in [1.82, 2.24) is 4.98 Å². The van der Waals surface area contributed by atoms with Gasteiger partial charge in [0.05, 0.1) is 0 Å². The van der Waals surface area contributed by atoms with E-state index in [2.05, 4.69) is 4.98 Å². The summed E-state index contributed by atoms with van der Waals surface area (Å²) in [6.45, 7) is 2.31. The molecule has 15 heavy (non-hydrogen) atoms. The maximum atomic E-state index is 13.8. The molecule has 0 saturated carbocycles. The Hall–Kier alpha value is -1.06. The van der Waals surface area contributed by atoms with Crippen LogP contribution in [0.5, 0.6) is 0 Å². The van der Waals surface area contributed by atoms with Crippen molar-refractivity contribution in [2.24, 2.45) is 5.73 Å². The van der Waals surface area contributed by atoms with Gasteiger partial charge in [-0.1, -0.05) is 6.07 Å². The average Bonchev–Trinajstić information content (AvgIpc) is 2.57. The van der Waals surface area contributed by atoms with E-state index in [0.29, 0.717) is 23.9 Å². The molecule has 0 aliphatic heterocycles. The largest absolute Gasteiger partial charge is 0.361 e. The van der Waals surface area contributed by atoms with Gasteiger partial charge in [0.1, 0.15) is 5.82 Å². The molecule has 2 aromatic rings. The Balaban J connectivity index is 0.00000112. The molecule has 0 unspecified atom stereocenters. The van der Waals surface area contributed by atoms with Crippen molar-refractivity contribution in [2.75, 3.05) is 6.54 Å². The topological polar surface area (TPSA) is 41.8 Å². The van der Waals surface area contributed by atoms with Crippen molar-refractivity contribution >= 4 is 23.3 Å². The minimum atomic E-state index is -0.132. The highest BCUT2D eigenvalue weighted by Crippen LogP contribution is 2.24. The molecule has 1 aromatic carbocycles. The Bertz CT molecular complexity index is 465. The van der Waals surface area contributed by atoms with E-state index in [1.807, 2.05) is 12.3 Å². The van der Waals surface area contributed by atoms with Gasteiger partial charge < -0.3 is 10.7 Å². The lowest BCUT2D eigenvalue weighted by atomic mass is 10.1. The first-order valence-electron chi connectivity index (χ1n) is 4.69. The summed E-state index contributed by atoms with van der Waals surface area (Å²) < 4.78 is 13.8. The van der Waals surface area contributed by atoms with Gasteiger partial charge in [-0.15, -0.1) is 12.4 Å². The number of H-pyrrole nitrogens is 1. The number of benzene rings is 1. The van der Waals surface area contributed by atoms with Gasteiger partial charge in [-0.2, -0.15) is 0 Å². The van der Waals surface area contributed by atoms with Crippen LogP contribution in [0.15, 0.2) is 18.3 Å². The number of hydrogen-bond donors (Lipinski definition) is 2. The summed E-state index contributed by atoms with van der Waals surface area (Å²) in [5.41, 5.74) is 7.94. The van der Waals surface area contributed by atoms with Crippen LogP contribution in [0.25, 0.3) is 10.9 Å². The minimum absolute atomic E-state index is 0. The van der Waals surface area contributed by atoms with Gasteiger partial charge in [0.25, 0.3) is 0 Å². The second-order valence-electron chi connectivity index (χ2n) is 3.47. The molecule has 2 nitrogen and oxygen atoms in total. The number of rotatable bonds is 2. The molecule has 1 aromatic heterocycles. The Morgan fingerprint density at radius 1 is 1.40 bits per heavy atom. The lowest BCUT2D eigenvalue weighted by Gasteiger charge is -2.00. The summed E-state index contributed by atoms with van der Waals surface area (Å²) in [6, 6.07) is 3.67. The van der Waals surface area contributed by atoms with Crippen molar-refractivity contribution < 1.29 is 4.39 Å². The van der Waals surface area contributed by atoms with Gasteiger partial charge in [0.2, 0.25) is 0 Å². The molecule has 0 atom stereocenters. The summed E-state index contributed by atoms with van der Waals surface area (Å²) in [4.78, 5) is 3.05. The molecule has 1 heterocycles. The molecule has 0 spiro atoms. The zero-order chi connectivity index (χ0) is 10.1. The number of hydrogen-bond acceptors (Lipinski definition) is 1. The molecule has 0 amide bonds. The van der Waals surface area contributed by atoms with E-state index in [9.17, 15) is 4.39 Å². The molecule has 0 aliphatic rings. The molecule has 0 bridgehead atoms. The summed E-state index contributed by atoms with van der Waals surface area (Å²) >= 11 is 0. The van der Waals surface area contributed by atoms with Crippen molar-refractivity contribution in [3.8, 4) is 0 Å². The van der Waals surface area contributed by atoms with Crippen molar-refractivity contribution in [1.29, 1.82) is 0 Å². The standard InChI is InChI=1S/C11H13FN2.ClH/c1-7-2-3-9-10(11(7)12)8(4-5-13)6-14-9;/h2-3,6,14H,4-5,13H2,1H3;1H. The van der Waals surface area contributed by atoms with Crippen LogP contribution in [0, 0.1) is 12.7 Å². The number of nitrogens with two attached hydrogens (primary N) is 1. The molecular formula is C11H14ClFN2. The lowest BCUT2D eigenvalue weighted by Crippen LogP contribution is -2.02. The molecule has 0 radical (unpaired) electrons. The van der Waals surface area contributed by atoms with Gasteiger partial charge in [-0.3, -0.25) is 0 Å². The van der Waals surface area contributed by atoms with E-state index in [1.54, 1.807) is 13.0 Å². The van der Waals surface area contributed by atoms with E-state index in [0.717, 1.165) is 11.1 Å². The highest BCUT2D eigenvalue weighted by atomic mass is 35.5. The zero-order valence-electron chi connectivity index (χ0n) is 8.51. The monoisotopic (exact) mass is 228 g/mol. The van der Waals surface area contributed by atoms with Gasteiger partial charge in [0, 0.05) is 17.1 Å². The Labute approximate surface area is 94.1 Å². The van der Waals surface area contributed by atoms with Crippen LogP contribution >= 0.6 is 12.4 Å². The van der Waals surface area contributed by atoms with Crippen LogP contribution in [-0.4, -0.2) is 11.5 Å². The average molecular weight is 229 g/mol. The fraction of sp³-hybridized carbons (Fsp3) is 0.273. The van der Waals surface area contributed by atoms with Crippen LogP contribution in [0.3, 0.4) is 0 Å². The number of nitrogens with one attached hydrogen (secondary N) is 1. The third kappa shape index (κ3) is 1.98. The minimum Gasteiger partial charge on any atom is -0.361 e. The van der Waals surface area contributed by atoms with E-state index in [-0.39, 0.29) is 18.2 Å². The summed E-state index contributed by atoms with van der Waals surface area (Å²) in [5.74, 6) is -0.132. The van der Waals surface area contributed by atoms with Crippen molar-refractivity contribution in [2.45, 2.75) is 13.3 Å². The first-order chi connectivity index (χ1) is 6.74. The molecule has 3 N–H and O–H groups in total. The predicted octanol–water partition coefficient (Wildman–Crippen LogP) is 2.54. The number of aromatic amines is 1. The first-order valence-corrected chi connectivity index (χ1v) is 4.69. The maximum Gasteiger partial charge on any atom is 0.135 e. The fourth-order valence-electron chi connectivity index (χ4n) is 1.70. The summed E-state index contributed by atoms with van der Waals surface area (Å²) in [7, 11) is 0. The normalized spacial score (nSPS) is 10.3. The quantitative estimate of drug-likeness (QED) is 0.815. The third-order valence-electron chi connectivity index (χ3n) is 2.47. The van der Waals surface area contributed by atoms with Gasteiger partial charge >= 0.3 is 0 Å². The summed E-state index contributed by atoms with van der Waals surface area (Å²) in [6.07, 6.45) is 2.54. The third-order valence-corrected chi connectivity index (χ3v) is 2.47. The summed E-state index contributed by atoms with van der Waals surface area (Å²) in [5, 5.41) is 0.690. The van der Waals surface area contributed by atoms with Crippen molar-refractivity contribution in [3.63, 3.8) is 0 Å². The Morgan fingerprint density at radius 3 is 2.80 bits per heavy atom. The van der Waals surface area contributed by atoms with Gasteiger partial charge in [-0.25, -0.2) is 4.39 Å². The number of halogens is 2. The SMILES string of the molecule is Cc1ccc2[nH]cc(CCN)c2c1F.Cl. The molecule has 0 aliphatic carbocycles. The number of aromatic nitrogens is 1. The van der Waals surface area contributed by atoms with Crippen LogP contribution in [0.4, 0.5) is 4.39 Å². The van der Waals surface area contributed by atoms with Crippen LogP contribution in [0.1, 0.15) is 11.1 Å². The molecule has 2 rings (SSSR count). The van der Waals surface area contributed by atoms with Crippen LogP contribution in [-0.2, 0) is 6.42 Å². The predicted molar refractivity (Wildman–Crippen MR) is 63.0 cm³/mol. The van der Waals surface area contributed by atoms with Gasteiger partial charge in [-0.05, 0) is 37.1 Å². The Kier molecular flexibility index (Phi) is 3.72. The van der Waals surface area contributed by atoms with Crippen LogP contribution < -0.4 is 5.73 Å². The second kappa shape index (κ2) is 4.64. The maximum absolute atomic E-state index is 13.8.